The van der Waals surface area contributed by atoms with Crippen LogP contribution in [0.25, 0.3) is 0 Å². The normalized spacial score (nSPS) is 16.9. The van der Waals surface area contributed by atoms with E-state index in [1.54, 1.807) is 6.07 Å². The number of hydrogen-bond donors (Lipinski definition) is 2. The molecule has 0 heterocycles. The van der Waals surface area contributed by atoms with Crippen LogP contribution in [0.15, 0.2) is 23.1 Å². The Bertz CT molecular complexity index is 627. The Morgan fingerprint density at radius 2 is 2.20 bits per heavy atom. The van der Waals surface area contributed by atoms with Gasteiger partial charge in [0.1, 0.15) is 9.88 Å². The van der Waals surface area contributed by atoms with Crippen LogP contribution in [-0.2, 0) is 10.0 Å². The van der Waals surface area contributed by atoms with Crippen LogP contribution in [0.3, 0.4) is 0 Å². The quantitative estimate of drug-likeness (QED) is 0.784. The second-order valence-corrected chi connectivity index (χ2v) is 7.76. The van der Waals surface area contributed by atoms with E-state index < -0.39 is 10.0 Å². The molecular weight excluding hydrogens is 316 g/mol. The highest BCUT2D eigenvalue weighted by Crippen LogP contribution is 2.36. The van der Waals surface area contributed by atoms with Gasteiger partial charge in [0, 0.05) is 12.1 Å². The van der Waals surface area contributed by atoms with Crippen molar-refractivity contribution in [3.63, 3.8) is 0 Å². The van der Waals surface area contributed by atoms with Crippen LogP contribution in [-0.4, -0.2) is 20.0 Å². The molecule has 1 aromatic rings. The molecule has 1 fully saturated rings. The van der Waals surface area contributed by atoms with Crippen molar-refractivity contribution in [2.75, 3.05) is 6.54 Å². The number of rotatable bonds is 6. The summed E-state index contributed by atoms with van der Waals surface area (Å²) in [6.07, 6.45) is 2.36. The van der Waals surface area contributed by atoms with Crippen molar-refractivity contribution in [2.24, 2.45) is 17.6 Å². The van der Waals surface area contributed by atoms with Crippen molar-refractivity contribution in [1.29, 1.82) is 0 Å². The van der Waals surface area contributed by atoms with E-state index in [9.17, 15) is 8.42 Å². The van der Waals surface area contributed by atoms with Crippen LogP contribution in [0.2, 0.25) is 5.02 Å². The van der Waals surface area contributed by atoms with Crippen molar-refractivity contribution in [3.05, 3.63) is 28.8 Å². The molecule has 0 radical (unpaired) electrons. The number of halogens is 1. The van der Waals surface area contributed by atoms with E-state index in [0.29, 0.717) is 23.9 Å². The van der Waals surface area contributed by atoms with Crippen molar-refractivity contribution >= 4 is 38.8 Å². The average Bonchev–Trinajstić information content (AvgIpc) is 3.20. The number of hydrogen-bond acceptors (Lipinski definition) is 3. The molecule has 1 aliphatic rings. The largest absolute Gasteiger partial charge is 0.389 e. The van der Waals surface area contributed by atoms with Gasteiger partial charge >= 0.3 is 0 Å². The van der Waals surface area contributed by atoms with Crippen molar-refractivity contribution in [1.82, 2.24) is 4.72 Å². The summed E-state index contributed by atoms with van der Waals surface area (Å²) < 4.78 is 27.2. The third-order valence-corrected chi connectivity index (χ3v) is 5.67. The van der Waals surface area contributed by atoms with Crippen LogP contribution in [0.4, 0.5) is 0 Å². The van der Waals surface area contributed by atoms with Gasteiger partial charge in [-0.1, -0.05) is 36.8 Å². The first-order valence-electron chi connectivity index (χ1n) is 6.40. The fourth-order valence-corrected chi connectivity index (χ4v) is 3.81. The van der Waals surface area contributed by atoms with Crippen LogP contribution in [0.1, 0.15) is 25.3 Å². The number of nitrogens with two attached hydrogens (primary N) is 1. The van der Waals surface area contributed by atoms with Gasteiger partial charge in [0.25, 0.3) is 0 Å². The van der Waals surface area contributed by atoms with Gasteiger partial charge in [0.05, 0.1) is 5.02 Å². The molecule has 20 heavy (non-hydrogen) atoms. The number of nitrogens with one attached hydrogen (secondary N) is 1. The lowest BCUT2D eigenvalue weighted by atomic mass is 10.1. The zero-order valence-electron chi connectivity index (χ0n) is 11.1. The van der Waals surface area contributed by atoms with Gasteiger partial charge in [-0.3, -0.25) is 0 Å². The maximum atomic E-state index is 12.3. The Labute approximate surface area is 129 Å². The van der Waals surface area contributed by atoms with Crippen LogP contribution >= 0.6 is 23.8 Å². The number of sulfonamides is 1. The molecule has 1 aromatic carbocycles. The molecule has 0 aromatic heterocycles. The first kappa shape index (κ1) is 15.7. The van der Waals surface area contributed by atoms with E-state index in [4.69, 9.17) is 29.6 Å². The highest BCUT2D eigenvalue weighted by Gasteiger charge is 2.29. The smallest absolute Gasteiger partial charge is 0.242 e. The minimum Gasteiger partial charge on any atom is -0.389 e. The molecule has 0 spiro atoms. The van der Waals surface area contributed by atoms with Gasteiger partial charge in [-0.2, -0.15) is 0 Å². The molecule has 7 heteroatoms. The number of thiocarbonyl (C=S) groups is 1. The second kappa shape index (κ2) is 5.97. The maximum Gasteiger partial charge on any atom is 0.242 e. The Balaban J connectivity index is 2.19. The second-order valence-electron chi connectivity index (χ2n) is 5.18. The van der Waals surface area contributed by atoms with E-state index in [-0.39, 0.29) is 14.9 Å². The predicted octanol–water partition coefficient (Wildman–Crippen LogP) is 2.30. The lowest BCUT2D eigenvalue weighted by molar-refractivity contribution is 0.492. The average molecular weight is 333 g/mol. The Morgan fingerprint density at radius 3 is 2.75 bits per heavy atom. The maximum absolute atomic E-state index is 12.3. The fraction of sp³-hybridized carbons (Fsp3) is 0.462. The van der Waals surface area contributed by atoms with Gasteiger partial charge in [0.15, 0.2) is 0 Å². The van der Waals surface area contributed by atoms with E-state index in [0.717, 1.165) is 0 Å². The summed E-state index contributed by atoms with van der Waals surface area (Å²) in [5, 5.41) is 0.163. The Kier molecular flexibility index (Phi) is 4.69. The van der Waals surface area contributed by atoms with Crippen molar-refractivity contribution < 1.29 is 8.42 Å². The molecule has 1 aliphatic carbocycles. The minimum atomic E-state index is -3.64. The lowest BCUT2D eigenvalue weighted by Crippen LogP contribution is -2.29. The summed E-state index contributed by atoms with van der Waals surface area (Å²) in [5.74, 6) is 0.971. The zero-order chi connectivity index (χ0) is 14.9. The molecule has 3 N–H and O–H groups in total. The summed E-state index contributed by atoms with van der Waals surface area (Å²) in [6.45, 7) is 2.47. The summed E-state index contributed by atoms with van der Waals surface area (Å²) in [6, 6.07) is 4.51. The van der Waals surface area contributed by atoms with Gasteiger partial charge in [-0.25, -0.2) is 13.1 Å². The molecule has 4 nitrogen and oxygen atoms in total. The van der Waals surface area contributed by atoms with Gasteiger partial charge in [0.2, 0.25) is 10.0 Å². The molecule has 0 aliphatic heterocycles. The Morgan fingerprint density at radius 1 is 1.55 bits per heavy atom. The standard InChI is InChI=1S/C13H17ClN2O2S2/c1-8(9-2-3-9)7-16-20(17,18)12-6-10(13(15)19)4-5-11(12)14/h4-6,8-9,16H,2-3,7H2,1H3,(H2,15,19). The zero-order valence-corrected chi connectivity index (χ0v) is 13.5. The molecule has 2 rings (SSSR count). The highest BCUT2D eigenvalue weighted by molar-refractivity contribution is 7.89. The fourth-order valence-electron chi connectivity index (χ4n) is 2.01. The van der Waals surface area contributed by atoms with Crippen LogP contribution in [0, 0.1) is 11.8 Å². The Hall–Kier alpha value is -0.690. The predicted molar refractivity (Wildman–Crippen MR) is 84.4 cm³/mol. The van der Waals surface area contributed by atoms with Gasteiger partial charge in [-0.05, 0) is 36.8 Å². The van der Waals surface area contributed by atoms with Gasteiger partial charge < -0.3 is 5.73 Å². The molecule has 0 bridgehead atoms. The third-order valence-electron chi connectivity index (χ3n) is 3.53. The van der Waals surface area contributed by atoms with Gasteiger partial charge in [-0.15, -0.1) is 0 Å². The van der Waals surface area contributed by atoms with E-state index in [2.05, 4.69) is 4.72 Å². The third kappa shape index (κ3) is 3.69. The highest BCUT2D eigenvalue weighted by atomic mass is 35.5. The molecule has 1 unspecified atom stereocenters. The molecule has 1 atom stereocenters. The van der Waals surface area contributed by atoms with E-state index >= 15 is 0 Å². The first-order valence-corrected chi connectivity index (χ1v) is 8.67. The molecular formula is C13H17ClN2O2S2. The molecule has 1 saturated carbocycles. The number of benzene rings is 1. The van der Waals surface area contributed by atoms with Crippen molar-refractivity contribution in [2.45, 2.75) is 24.7 Å². The van der Waals surface area contributed by atoms with Crippen LogP contribution < -0.4 is 10.5 Å². The first-order chi connectivity index (χ1) is 9.31. The van der Waals surface area contributed by atoms with E-state index in [1.165, 1.54) is 25.0 Å². The molecule has 110 valence electrons. The van der Waals surface area contributed by atoms with E-state index in [1.807, 2.05) is 6.92 Å². The molecule has 0 saturated heterocycles. The lowest BCUT2D eigenvalue weighted by Gasteiger charge is -2.13. The summed E-state index contributed by atoms with van der Waals surface area (Å²) in [5.41, 5.74) is 6.01. The minimum absolute atomic E-state index is 0.0208. The summed E-state index contributed by atoms with van der Waals surface area (Å²) >= 11 is 10.8. The summed E-state index contributed by atoms with van der Waals surface area (Å²) in [4.78, 5) is 0.164. The van der Waals surface area contributed by atoms with Crippen LogP contribution in [0.5, 0.6) is 0 Å². The molecule has 0 amide bonds. The SMILES string of the molecule is CC(CNS(=O)(=O)c1cc(C(N)=S)ccc1Cl)C1CC1. The summed E-state index contributed by atoms with van der Waals surface area (Å²) in [7, 11) is -3.64. The monoisotopic (exact) mass is 332 g/mol. The topological polar surface area (TPSA) is 72.2 Å². The van der Waals surface area contributed by atoms with Crippen molar-refractivity contribution in [3.8, 4) is 0 Å².